The number of hydrogen-bond donors (Lipinski definition) is 2. The van der Waals surface area contributed by atoms with Gasteiger partial charge in [0.1, 0.15) is 0 Å². The number of amides is 2. The lowest BCUT2D eigenvalue weighted by Gasteiger charge is -2.32. The molecular formula is C22H34Cl2N4O2. The summed E-state index contributed by atoms with van der Waals surface area (Å²) in [5.41, 5.74) is 1.80. The van der Waals surface area contributed by atoms with E-state index in [4.69, 9.17) is 0 Å². The number of piperazine rings is 1. The molecule has 2 aliphatic heterocycles. The molecular weight excluding hydrogens is 423 g/mol. The van der Waals surface area contributed by atoms with Crippen LogP contribution in [0.25, 0.3) is 0 Å². The van der Waals surface area contributed by atoms with Gasteiger partial charge in [-0.05, 0) is 49.9 Å². The van der Waals surface area contributed by atoms with Gasteiger partial charge in [-0.1, -0.05) is 25.0 Å². The van der Waals surface area contributed by atoms with Crippen LogP contribution >= 0.6 is 24.8 Å². The van der Waals surface area contributed by atoms with Crippen molar-refractivity contribution in [2.45, 2.75) is 50.6 Å². The van der Waals surface area contributed by atoms with E-state index in [0.717, 1.165) is 43.9 Å². The fourth-order valence-corrected chi connectivity index (χ4v) is 4.80. The molecule has 1 aromatic carbocycles. The van der Waals surface area contributed by atoms with E-state index < -0.39 is 0 Å². The Bertz CT molecular complexity index is 694. The number of carbonyl (C=O) groups is 2. The summed E-state index contributed by atoms with van der Waals surface area (Å²) in [4.78, 5) is 29.3. The van der Waals surface area contributed by atoms with Gasteiger partial charge in [0, 0.05) is 37.9 Å². The summed E-state index contributed by atoms with van der Waals surface area (Å²) in [6.45, 7) is 3.49. The molecule has 168 valence electrons. The smallest absolute Gasteiger partial charge is 0.241 e. The molecule has 2 heterocycles. The minimum atomic E-state index is -0.0772. The Morgan fingerprint density at radius 3 is 2.37 bits per heavy atom. The molecule has 0 bridgehead atoms. The van der Waals surface area contributed by atoms with Crippen LogP contribution in [0.15, 0.2) is 24.3 Å². The number of benzene rings is 1. The van der Waals surface area contributed by atoms with Crippen LogP contribution in [0.1, 0.15) is 37.7 Å². The van der Waals surface area contributed by atoms with E-state index in [2.05, 4.69) is 22.6 Å². The topological polar surface area (TPSA) is 64.7 Å². The molecule has 0 radical (unpaired) electrons. The molecule has 1 aromatic rings. The third kappa shape index (κ3) is 6.10. The van der Waals surface area contributed by atoms with Crippen molar-refractivity contribution >= 4 is 42.3 Å². The van der Waals surface area contributed by atoms with E-state index in [1.807, 2.05) is 29.2 Å². The fraction of sp³-hybridized carbons (Fsp3) is 0.636. The van der Waals surface area contributed by atoms with Crippen LogP contribution < -0.4 is 10.6 Å². The maximum atomic E-state index is 12.6. The Labute approximate surface area is 192 Å². The van der Waals surface area contributed by atoms with Crippen LogP contribution in [0.2, 0.25) is 0 Å². The van der Waals surface area contributed by atoms with Gasteiger partial charge in [-0.15, -0.1) is 24.8 Å². The van der Waals surface area contributed by atoms with Crippen LogP contribution in [0, 0.1) is 5.92 Å². The molecule has 1 aliphatic carbocycles. The summed E-state index contributed by atoms with van der Waals surface area (Å²) in [6.07, 6.45) is 6.39. The second kappa shape index (κ2) is 11.3. The Kier molecular flexibility index (Phi) is 9.41. The SMILES string of the molecule is CN1CCN(C(=O)Cc2ccc(NC(=O)C3CC4CCCCC4N3)cc2)CC1.Cl.Cl. The summed E-state index contributed by atoms with van der Waals surface area (Å²) in [5.74, 6) is 0.908. The normalized spacial score (nSPS) is 26.2. The molecule has 1 saturated carbocycles. The number of fused-ring (bicyclic) bond motifs is 1. The van der Waals surface area contributed by atoms with E-state index in [0.29, 0.717) is 18.4 Å². The monoisotopic (exact) mass is 456 g/mol. The minimum Gasteiger partial charge on any atom is -0.340 e. The number of hydrogen-bond acceptors (Lipinski definition) is 4. The first-order valence-corrected chi connectivity index (χ1v) is 10.7. The number of nitrogens with zero attached hydrogens (tertiary/aromatic N) is 2. The molecule has 2 N–H and O–H groups in total. The van der Waals surface area contributed by atoms with Gasteiger partial charge in [-0.25, -0.2) is 0 Å². The average Bonchev–Trinajstić information content (AvgIpc) is 3.14. The van der Waals surface area contributed by atoms with Gasteiger partial charge in [0.2, 0.25) is 11.8 Å². The Balaban J connectivity index is 0.00000160. The molecule has 30 heavy (non-hydrogen) atoms. The molecule has 2 amide bonds. The molecule has 6 nitrogen and oxygen atoms in total. The predicted octanol–water partition coefficient (Wildman–Crippen LogP) is 2.71. The van der Waals surface area contributed by atoms with Crippen molar-refractivity contribution in [3.63, 3.8) is 0 Å². The Morgan fingerprint density at radius 2 is 1.70 bits per heavy atom. The second-order valence-electron chi connectivity index (χ2n) is 8.65. The maximum absolute atomic E-state index is 12.6. The Morgan fingerprint density at radius 1 is 1.03 bits per heavy atom. The molecule has 0 spiro atoms. The number of carbonyl (C=O) groups excluding carboxylic acids is 2. The van der Waals surface area contributed by atoms with Crippen molar-refractivity contribution in [1.29, 1.82) is 0 Å². The summed E-state index contributed by atoms with van der Waals surface area (Å²) in [7, 11) is 2.09. The van der Waals surface area contributed by atoms with E-state index >= 15 is 0 Å². The number of nitrogens with one attached hydrogen (secondary N) is 2. The van der Waals surface area contributed by atoms with E-state index in [9.17, 15) is 9.59 Å². The predicted molar refractivity (Wildman–Crippen MR) is 125 cm³/mol. The number of halogens is 2. The summed E-state index contributed by atoms with van der Waals surface area (Å²) in [6, 6.07) is 8.16. The van der Waals surface area contributed by atoms with Crippen molar-refractivity contribution in [3.05, 3.63) is 29.8 Å². The highest BCUT2D eigenvalue weighted by Gasteiger charge is 2.38. The van der Waals surface area contributed by atoms with Crippen molar-refractivity contribution in [2.75, 3.05) is 38.5 Å². The Hall–Kier alpha value is -1.34. The zero-order chi connectivity index (χ0) is 19.5. The van der Waals surface area contributed by atoms with Crippen molar-refractivity contribution < 1.29 is 9.59 Å². The lowest BCUT2D eigenvalue weighted by atomic mass is 9.85. The molecule has 3 aliphatic rings. The highest BCUT2D eigenvalue weighted by atomic mass is 35.5. The fourth-order valence-electron chi connectivity index (χ4n) is 4.80. The van der Waals surface area contributed by atoms with Crippen LogP contribution in [0.5, 0.6) is 0 Å². The zero-order valence-electron chi connectivity index (χ0n) is 17.6. The van der Waals surface area contributed by atoms with Gasteiger partial charge in [0.15, 0.2) is 0 Å². The lowest BCUT2D eigenvalue weighted by Crippen LogP contribution is -2.47. The molecule has 0 aromatic heterocycles. The first-order chi connectivity index (χ1) is 13.6. The van der Waals surface area contributed by atoms with E-state index in [1.54, 1.807) is 0 Å². The van der Waals surface area contributed by atoms with Gasteiger partial charge >= 0.3 is 0 Å². The standard InChI is InChI=1S/C22H32N4O2.2ClH/c1-25-10-12-26(13-11-25)21(27)14-16-6-8-18(9-7-16)23-22(28)20-15-17-4-2-3-5-19(17)24-20;;/h6-9,17,19-20,24H,2-5,10-15H2,1H3,(H,23,28);2*1H. The third-order valence-corrected chi connectivity index (χ3v) is 6.61. The largest absolute Gasteiger partial charge is 0.340 e. The summed E-state index contributed by atoms with van der Waals surface area (Å²) < 4.78 is 0. The third-order valence-electron chi connectivity index (χ3n) is 6.61. The van der Waals surface area contributed by atoms with Crippen LogP contribution in [0.4, 0.5) is 5.69 Å². The summed E-state index contributed by atoms with van der Waals surface area (Å²) >= 11 is 0. The molecule has 4 rings (SSSR count). The van der Waals surface area contributed by atoms with Crippen LogP contribution in [-0.2, 0) is 16.0 Å². The highest BCUT2D eigenvalue weighted by Crippen LogP contribution is 2.33. The zero-order valence-corrected chi connectivity index (χ0v) is 19.3. The van der Waals surface area contributed by atoms with Gasteiger partial charge < -0.3 is 20.4 Å². The quantitative estimate of drug-likeness (QED) is 0.730. The first-order valence-electron chi connectivity index (χ1n) is 10.7. The lowest BCUT2D eigenvalue weighted by molar-refractivity contribution is -0.132. The van der Waals surface area contributed by atoms with Crippen molar-refractivity contribution in [3.8, 4) is 0 Å². The van der Waals surface area contributed by atoms with Crippen LogP contribution in [0.3, 0.4) is 0 Å². The second-order valence-corrected chi connectivity index (χ2v) is 8.65. The van der Waals surface area contributed by atoms with Crippen molar-refractivity contribution in [2.24, 2.45) is 5.92 Å². The maximum Gasteiger partial charge on any atom is 0.241 e. The molecule has 3 unspecified atom stereocenters. The first kappa shape index (κ1) is 24.9. The van der Waals surface area contributed by atoms with Gasteiger partial charge in [-0.2, -0.15) is 0 Å². The minimum absolute atomic E-state index is 0. The molecule has 8 heteroatoms. The van der Waals surface area contributed by atoms with E-state index in [-0.39, 0.29) is 42.7 Å². The number of rotatable bonds is 4. The molecule has 3 fully saturated rings. The van der Waals surface area contributed by atoms with Gasteiger partial charge in [-0.3, -0.25) is 9.59 Å². The number of likely N-dealkylation sites (N-methyl/N-ethyl adjacent to an activating group) is 1. The van der Waals surface area contributed by atoms with Crippen LogP contribution in [-0.4, -0.2) is 66.9 Å². The molecule has 3 atom stereocenters. The van der Waals surface area contributed by atoms with E-state index in [1.165, 1.54) is 25.7 Å². The van der Waals surface area contributed by atoms with Gasteiger partial charge in [0.25, 0.3) is 0 Å². The molecule has 2 saturated heterocycles. The highest BCUT2D eigenvalue weighted by molar-refractivity contribution is 5.95. The average molecular weight is 457 g/mol. The number of anilines is 1. The summed E-state index contributed by atoms with van der Waals surface area (Å²) in [5, 5.41) is 6.56. The van der Waals surface area contributed by atoms with Crippen molar-refractivity contribution in [1.82, 2.24) is 15.1 Å². The van der Waals surface area contributed by atoms with Gasteiger partial charge in [0.05, 0.1) is 12.5 Å².